The second-order valence-electron chi connectivity index (χ2n) is 7.00. The van der Waals surface area contributed by atoms with Crippen LogP contribution in [0.2, 0.25) is 0 Å². The number of amides is 1. The molecule has 2 aromatic rings. The van der Waals surface area contributed by atoms with Gasteiger partial charge in [0.15, 0.2) is 0 Å². The zero-order valence-electron chi connectivity index (χ0n) is 15.2. The molecule has 0 unspecified atom stereocenters. The maximum absolute atomic E-state index is 12.6. The summed E-state index contributed by atoms with van der Waals surface area (Å²) in [5, 5.41) is 6.43. The lowest BCUT2D eigenvalue weighted by atomic mass is 9.95. The van der Waals surface area contributed by atoms with Crippen molar-refractivity contribution in [3.05, 3.63) is 46.9 Å². The SMILES string of the molecule is Cc1cc(C)c(NC(=O)c2cc(NC3CCCCC3)ncn2)c(C)c1. The van der Waals surface area contributed by atoms with Crippen LogP contribution in [0.3, 0.4) is 0 Å². The number of hydrogen-bond acceptors (Lipinski definition) is 4. The Labute approximate surface area is 149 Å². The molecule has 1 aliphatic carbocycles. The van der Waals surface area contributed by atoms with Gasteiger partial charge in [-0.2, -0.15) is 0 Å². The molecule has 25 heavy (non-hydrogen) atoms. The molecule has 1 fully saturated rings. The van der Waals surface area contributed by atoms with E-state index in [1.54, 1.807) is 6.07 Å². The third-order valence-corrected chi connectivity index (χ3v) is 4.77. The van der Waals surface area contributed by atoms with E-state index in [2.05, 4.69) is 39.7 Å². The van der Waals surface area contributed by atoms with E-state index >= 15 is 0 Å². The van der Waals surface area contributed by atoms with Crippen molar-refractivity contribution in [2.75, 3.05) is 10.6 Å². The zero-order valence-corrected chi connectivity index (χ0v) is 15.2. The van der Waals surface area contributed by atoms with Gasteiger partial charge in [0.1, 0.15) is 17.8 Å². The fourth-order valence-electron chi connectivity index (χ4n) is 3.57. The minimum Gasteiger partial charge on any atom is -0.367 e. The van der Waals surface area contributed by atoms with E-state index in [0.29, 0.717) is 11.7 Å². The van der Waals surface area contributed by atoms with Crippen molar-refractivity contribution in [2.24, 2.45) is 0 Å². The average Bonchev–Trinajstić information content (AvgIpc) is 2.59. The van der Waals surface area contributed by atoms with Crippen LogP contribution in [0.25, 0.3) is 0 Å². The van der Waals surface area contributed by atoms with Gasteiger partial charge < -0.3 is 10.6 Å². The van der Waals surface area contributed by atoms with Crippen molar-refractivity contribution in [2.45, 2.75) is 58.9 Å². The highest BCUT2D eigenvalue weighted by Gasteiger charge is 2.16. The molecule has 0 aliphatic heterocycles. The Balaban J connectivity index is 1.73. The number of rotatable bonds is 4. The second-order valence-corrected chi connectivity index (χ2v) is 7.00. The van der Waals surface area contributed by atoms with Gasteiger partial charge in [-0.25, -0.2) is 9.97 Å². The number of aryl methyl sites for hydroxylation is 3. The largest absolute Gasteiger partial charge is 0.367 e. The maximum Gasteiger partial charge on any atom is 0.274 e. The quantitative estimate of drug-likeness (QED) is 0.867. The van der Waals surface area contributed by atoms with Crippen molar-refractivity contribution in [1.82, 2.24) is 9.97 Å². The predicted molar refractivity (Wildman–Crippen MR) is 101 cm³/mol. The molecule has 1 aliphatic rings. The Hall–Kier alpha value is -2.43. The Morgan fingerprint density at radius 3 is 2.36 bits per heavy atom. The van der Waals surface area contributed by atoms with Crippen LogP contribution in [0, 0.1) is 20.8 Å². The summed E-state index contributed by atoms with van der Waals surface area (Å²) in [6.07, 6.45) is 7.59. The molecule has 1 heterocycles. The summed E-state index contributed by atoms with van der Waals surface area (Å²) in [6.45, 7) is 6.07. The van der Waals surface area contributed by atoms with Gasteiger partial charge in [-0.05, 0) is 44.7 Å². The first-order chi connectivity index (χ1) is 12.0. The smallest absolute Gasteiger partial charge is 0.274 e. The third kappa shape index (κ3) is 4.35. The van der Waals surface area contributed by atoms with Crippen molar-refractivity contribution in [3.63, 3.8) is 0 Å². The van der Waals surface area contributed by atoms with Crippen LogP contribution in [-0.4, -0.2) is 21.9 Å². The lowest BCUT2D eigenvalue weighted by Crippen LogP contribution is -2.23. The van der Waals surface area contributed by atoms with Crippen LogP contribution >= 0.6 is 0 Å². The summed E-state index contributed by atoms with van der Waals surface area (Å²) in [4.78, 5) is 21.0. The summed E-state index contributed by atoms with van der Waals surface area (Å²) in [7, 11) is 0. The van der Waals surface area contributed by atoms with Gasteiger partial charge in [-0.1, -0.05) is 37.0 Å². The van der Waals surface area contributed by atoms with Crippen LogP contribution in [0.1, 0.15) is 59.3 Å². The van der Waals surface area contributed by atoms with Crippen LogP contribution < -0.4 is 10.6 Å². The summed E-state index contributed by atoms with van der Waals surface area (Å²) in [6, 6.07) is 6.32. The Bertz CT molecular complexity index is 743. The molecule has 1 amide bonds. The molecule has 5 nitrogen and oxygen atoms in total. The van der Waals surface area contributed by atoms with Crippen molar-refractivity contribution >= 4 is 17.4 Å². The molecule has 1 aromatic heterocycles. The number of hydrogen-bond donors (Lipinski definition) is 2. The first-order valence-corrected chi connectivity index (χ1v) is 9.00. The van der Waals surface area contributed by atoms with E-state index < -0.39 is 0 Å². The number of carbonyl (C=O) groups excluding carboxylic acids is 1. The lowest BCUT2D eigenvalue weighted by Gasteiger charge is -2.23. The van der Waals surface area contributed by atoms with Gasteiger partial charge in [0, 0.05) is 17.8 Å². The van der Waals surface area contributed by atoms with Gasteiger partial charge in [-0.15, -0.1) is 0 Å². The minimum atomic E-state index is -0.204. The Morgan fingerprint density at radius 1 is 1.00 bits per heavy atom. The van der Waals surface area contributed by atoms with Gasteiger partial charge in [0.05, 0.1) is 0 Å². The molecule has 1 aromatic carbocycles. The molecule has 1 saturated carbocycles. The molecular weight excluding hydrogens is 312 g/mol. The first-order valence-electron chi connectivity index (χ1n) is 9.00. The van der Waals surface area contributed by atoms with Crippen molar-refractivity contribution in [3.8, 4) is 0 Å². The molecule has 0 bridgehead atoms. The summed E-state index contributed by atoms with van der Waals surface area (Å²) < 4.78 is 0. The van der Waals surface area contributed by atoms with E-state index in [1.807, 2.05) is 13.8 Å². The van der Waals surface area contributed by atoms with E-state index in [-0.39, 0.29) is 5.91 Å². The molecule has 2 N–H and O–H groups in total. The first kappa shape index (κ1) is 17.4. The zero-order chi connectivity index (χ0) is 17.8. The predicted octanol–water partition coefficient (Wildman–Crippen LogP) is 4.40. The third-order valence-electron chi connectivity index (χ3n) is 4.77. The normalized spacial score (nSPS) is 15.0. The topological polar surface area (TPSA) is 66.9 Å². The molecule has 0 radical (unpaired) electrons. The second kappa shape index (κ2) is 7.64. The molecule has 132 valence electrons. The lowest BCUT2D eigenvalue weighted by molar-refractivity contribution is 0.102. The molecule has 0 atom stereocenters. The summed E-state index contributed by atoms with van der Waals surface area (Å²) in [5.41, 5.74) is 4.54. The standard InChI is InChI=1S/C20H26N4O/c1-13-9-14(2)19(15(3)10-13)24-20(25)17-11-18(22-12-21-17)23-16-7-5-4-6-8-16/h9-12,16H,4-8H2,1-3H3,(H,24,25)(H,21,22,23). The molecule has 0 saturated heterocycles. The van der Waals surface area contributed by atoms with Gasteiger partial charge in [-0.3, -0.25) is 4.79 Å². The number of anilines is 2. The van der Waals surface area contributed by atoms with Crippen LogP contribution in [0.4, 0.5) is 11.5 Å². The highest BCUT2D eigenvalue weighted by atomic mass is 16.1. The molecular formula is C20H26N4O. The number of benzene rings is 1. The highest BCUT2D eigenvalue weighted by molar-refractivity contribution is 6.04. The average molecular weight is 338 g/mol. The fourth-order valence-corrected chi connectivity index (χ4v) is 3.57. The molecule has 5 heteroatoms. The van der Waals surface area contributed by atoms with Crippen molar-refractivity contribution in [1.29, 1.82) is 0 Å². The summed E-state index contributed by atoms with van der Waals surface area (Å²) in [5.74, 6) is 0.522. The number of nitrogens with one attached hydrogen (secondary N) is 2. The van der Waals surface area contributed by atoms with E-state index in [1.165, 1.54) is 31.2 Å². The van der Waals surface area contributed by atoms with Crippen LogP contribution in [-0.2, 0) is 0 Å². The van der Waals surface area contributed by atoms with Gasteiger partial charge in [0.25, 0.3) is 5.91 Å². The minimum absolute atomic E-state index is 0.204. The van der Waals surface area contributed by atoms with Crippen LogP contribution in [0.5, 0.6) is 0 Å². The van der Waals surface area contributed by atoms with Crippen LogP contribution in [0.15, 0.2) is 24.5 Å². The fraction of sp³-hybridized carbons (Fsp3) is 0.450. The highest BCUT2D eigenvalue weighted by Crippen LogP contribution is 2.23. The molecule has 0 spiro atoms. The monoisotopic (exact) mass is 338 g/mol. The Morgan fingerprint density at radius 2 is 1.68 bits per heavy atom. The van der Waals surface area contributed by atoms with E-state index in [4.69, 9.17) is 0 Å². The summed E-state index contributed by atoms with van der Waals surface area (Å²) >= 11 is 0. The van der Waals surface area contributed by atoms with Crippen molar-refractivity contribution < 1.29 is 4.79 Å². The number of nitrogens with zero attached hydrogens (tertiary/aromatic N) is 2. The number of aromatic nitrogens is 2. The van der Waals surface area contributed by atoms with Gasteiger partial charge in [0.2, 0.25) is 0 Å². The van der Waals surface area contributed by atoms with E-state index in [0.717, 1.165) is 35.5 Å². The maximum atomic E-state index is 12.6. The van der Waals surface area contributed by atoms with E-state index in [9.17, 15) is 4.79 Å². The Kier molecular flexibility index (Phi) is 5.31. The van der Waals surface area contributed by atoms with Gasteiger partial charge >= 0.3 is 0 Å². The molecule has 3 rings (SSSR count). The number of carbonyl (C=O) groups is 1.